The Morgan fingerprint density at radius 1 is 1.19 bits per heavy atom. The molecule has 0 bridgehead atoms. The van der Waals surface area contributed by atoms with Gasteiger partial charge in [0.2, 0.25) is 5.91 Å². The van der Waals surface area contributed by atoms with E-state index in [1.807, 2.05) is 54.3 Å². The Hall–Kier alpha value is -2.64. The third kappa shape index (κ3) is 4.07. The fourth-order valence-electron chi connectivity index (χ4n) is 4.58. The molecule has 1 amide bonds. The molecule has 7 heteroatoms. The zero-order chi connectivity index (χ0) is 22.1. The number of thioether (sulfide) groups is 1. The van der Waals surface area contributed by atoms with Crippen molar-refractivity contribution in [3.8, 4) is 0 Å². The summed E-state index contributed by atoms with van der Waals surface area (Å²) in [4.78, 5) is 33.4. The second-order valence-corrected chi connectivity index (χ2v) is 9.75. The van der Waals surface area contributed by atoms with Crippen molar-refractivity contribution >= 4 is 34.3 Å². The minimum absolute atomic E-state index is 0.00925. The maximum atomic E-state index is 13.4. The zero-order valence-electron chi connectivity index (χ0n) is 18.2. The molecule has 2 aliphatic rings. The zero-order valence-corrected chi connectivity index (χ0v) is 19.0. The minimum Gasteiger partial charge on any atom is -0.376 e. The number of carbonyl (C=O) groups excluding carboxylic acids is 1. The molecule has 1 fully saturated rings. The molecule has 2 aliphatic heterocycles. The van der Waals surface area contributed by atoms with Gasteiger partial charge in [-0.15, -0.1) is 0 Å². The van der Waals surface area contributed by atoms with Crippen molar-refractivity contribution in [1.29, 1.82) is 0 Å². The molecule has 2 aromatic carbocycles. The summed E-state index contributed by atoms with van der Waals surface area (Å²) >= 11 is 1.36. The van der Waals surface area contributed by atoms with E-state index in [1.54, 1.807) is 4.57 Å². The van der Waals surface area contributed by atoms with Crippen molar-refractivity contribution < 1.29 is 9.53 Å². The standard InChI is InChI=1S/C25H27N3O3S/c1-17(23(29)27-14-6-9-18-8-2-5-13-22(18)27)32-25-26-21-12-4-3-11-20(21)24(30)28(25)16-19-10-7-15-31-19/h2-5,8,11-13,17,19H,6-7,9-10,14-16H2,1H3/t17-,19-/m0/s1. The highest BCUT2D eigenvalue weighted by atomic mass is 32.2. The van der Waals surface area contributed by atoms with Crippen molar-refractivity contribution in [2.45, 2.75) is 55.7 Å². The molecule has 2 atom stereocenters. The summed E-state index contributed by atoms with van der Waals surface area (Å²) in [6.07, 6.45) is 3.90. The molecule has 0 radical (unpaired) electrons. The van der Waals surface area contributed by atoms with Crippen LogP contribution < -0.4 is 10.5 Å². The van der Waals surface area contributed by atoms with E-state index in [2.05, 4.69) is 6.07 Å². The molecule has 32 heavy (non-hydrogen) atoms. The molecule has 1 saturated heterocycles. The van der Waals surface area contributed by atoms with Crippen LogP contribution in [0.2, 0.25) is 0 Å². The smallest absolute Gasteiger partial charge is 0.262 e. The first kappa shape index (κ1) is 21.2. The maximum absolute atomic E-state index is 13.4. The number of anilines is 1. The van der Waals surface area contributed by atoms with Crippen LogP contribution in [0.3, 0.4) is 0 Å². The highest BCUT2D eigenvalue weighted by Gasteiger charge is 2.28. The van der Waals surface area contributed by atoms with Crippen molar-refractivity contribution in [3.05, 3.63) is 64.4 Å². The molecule has 3 heterocycles. The maximum Gasteiger partial charge on any atom is 0.262 e. The number of benzene rings is 2. The molecule has 0 N–H and O–H groups in total. The van der Waals surface area contributed by atoms with Gasteiger partial charge < -0.3 is 9.64 Å². The second-order valence-electron chi connectivity index (χ2n) is 8.44. The normalized spacial score (nSPS) is 19.2. The Bertz CT molecular complexity index is 1200. The summed E-state index contributed by atoms with van der Waals surface area (Å²) < 4.78 is 7.50. The number of nitrogens with zero attached hydrogens (tertiary/aromatic N) is 3. The van der Waals surface area contributed by atoms with Crippen LogP contribution >= 0.6 is 11.8 Å². The molecule has 5 rings (SSSR count). The molecule has 1 aromatic heterocycles. The summed E-state index contributed by atoms with van der Waals surface area (Å²) in [5, 5.41) is 0.805. The van der Waals surface area contributed by atoms with E-state index in [9.17, 15) is 9.59 Å². The van der Waals surface area contributed by atoms with Gasteiger partial charge in [0.1, 0.15) is 0 Å². The van der Waals surface area contributed by atoms with Crippen molar-refractivity contribution in [2.24, 2.45) is 0 Å². The Balaban J connectivity index is 1.46. The number of para-hydroxylation sites is 2. The van der Waals surface area contributed by atoms with Crippen LogP contribution in [0.1, 0.15) is 31.7 Å². The fraction of sp³-hybridized carbons (Fsp3) is 0.400. The van der Waals surface area contributed by atoms with Gasteiger partial charge >= 0.3 is 0 Å². The average Bonchev–Trinajstić information content (AvgIpc) is 3.34. The molecule has 166 valence electrons. The molecule has 0 spiro atoms. The Morgan fingerprint density at radius 2 is 2.00 bits per heavy atom. The predicted molar refractivity (Wildman–Crippen MR) is 127 cm³/mol. The topological polar surface area (TPSA) is 64.4 Å². The lowest BCUT2D eigenvalue weighted by Crippen LogP contribution is -2.40. The highest BCUT2D eigenvalue weighted by Crippen LogP contribution is 2.31. The van der Waals surface area contributed by atoms with Crippen LogP contribution in [0.15, 0.2) is 58.5 Å². The van der Waals surface area contributed by atoms with Crippen LogP contribution in [0, 0.1) is 0 Å². The Kier molecular flexibility index (Phi) is 6.02. The number of ether oxygens (including phenoxy) is 1. The summed E-state index contributed by atoms with van der Waals surface area (Å²) in [6, 6.07) is 15.5. The summed E-state index contributed by atoms with van der Waals surface area (Å²) in [7, 11) is 0. The minimum atomic E-state index is -0.370. The Morgan fingerprint density at radius 3 is 2.84 bits per heavy atom. The van der Waals surface area contributed by atoms with Gasteiger partial charge in [-0.25, -0.2) is 4.98 Å². The largest absolute Gasteiger partial charge is 0.376 e. The Labute approximate surface area is 191 Å². The van der Waals surface area contributed by atoms with E-state index in [1.165, 1.54) is 17.3 Å². The molecule has 6 nitrogen and oxygen atoms in total. The van der Waals surface area contributed by atoms with E-state index in [4.69, 9.17) is 9.72 Å². The van der Waals surface area contributed by atoms with Gasteiger partial charge in [0, 0.05) is 18.8 Å². The van der Waals surface area contributed by atoms with Crippen LogP contribution in [0.25, 0.3) is 10.9 Å². The van der Waals surface area contributed by atoms with E-state index in [-0.39, 0.29) is 22.8 Å². The first-order valence-corrected chi connectivity index (χ1v) is 12.2. The summed E-state index contributed by atoms with van der Waals surface area (Å²) in [5.74, 6) is 0.0493. The van der Waals surface area contributed by atoms with Gasteiger partial charge in [0.25, 0.3) is 5.56 Å². The van der Waals surface area contributed by atoms with Gasteiger partial charge in [-0.2, -0.15) is 0 Å². The van der Waals surface area contributed by atoms with Crippen LogP contribution in [-0.2, 0) is 22.5 Å². The first-order valence-electron chi connectivity index (χ1n) is 11.3. The van der Waals surface area contributed by atoms with Gasteiger partial charge in [0.15, 0.2) is 5.16 Å². The lowest BCUT2D eigenvalue weighted by molar-refractivity contribution is -0.117. The molecule has 3 aromatic rings. The van der Waals surface area contributed by atoms with Crippen molar-refractivity contribution in [3.63, 3.8) is 0 Å². The predicted octanol–water partition coefficient (Wildman–Crippen LogP) is 4.04. The quantitative estimate of drug-likeness (QED) is 0.435. The van der Waals surface area contributed by atoms with E-state index < -0.39 is 0 Å². The third-order valence-corrected chi connectivity index (χ3v) is 7.32. The SMILES string of the molecule is C[C@H](Sc1nc2ccccc2c(=O)n1C[C@@H]1CCCO1)C(=O)N1CCCc2ccccc21. The lowest BCUT2D eigenvalue weighted by Gasteiger charge is -2.31. The van der Waals surface area contributed by atoms with Crippen molar-refractivity contribution in [1.82, 2.24) is 9.55 Å². The van der Waals surface area contributed by atoms with Gasteiger partial charge in [0.05, 0.1) is 28.8 Å². The van der Waals surface area contributed by atoms with Gasteiger partial charge in [-0.3, -0.25) is 14.2 Å². The summed E-state index contributed by atoms with van der Waals surface area (Å²) in [5.41, 5.74) is 2.80. The van der Waals surface area contributed by atoms with Crippen LogP contribution in [0.4, 0.5) is 5.69 Å². The number of aryl methyl sites for hydroxylation is 1. The molecular weight excluding hydrogens is 422 g/mol. The van der Waals surface area contributed by atoms with E-state index >= 15 is 0 Å². The van der Waals surface area contributed by atoms with Crippen LogP contribution in [-0.4, -0.2) is 40.0 Å². The average molecular weight is 450 g/mol. The number of hydrogen-bond donors (Lipinski definition) is 0. The van der Waals surface area contributed by atoms with E-state index in [0.29, 0.717) is 29.1 Å². The van der Waals surface area contributed by atoms with Crippen molar-refractivity contribution in [2.75, 3.05) is 18.1 Å². The molecule has 0 aliphatic carbocycles. The fourth-order valence-corrected chi connectivity index (χ4v) is 5.56. The number of amides is 1. The van der Waals surface area contributed by atoms with Crippen LogP contribution in [0.5, 0.6) is 0 Å². The molecule has 0 unspecified atom stereocenters. The molecular formula is C25H27N3O3S. The summed E-state index contributed by atoms with van der Waals surface area (Å²) in [6.45, 7) is 3.81. The molecule has 0 saturated carbocycles. The van der Waals surface area contributed by atoms with Gasteiger partial charge in [-0.05, 0) is 56.4 Å². The second kappa shape index (κ2) is 9.08. The number of fused-ring (bicyclic) bond motifs is 2. The third-order valence-electron chi connectivity index (χ3n) is 6.24. The lowest BCUT2D eigenvalue weighted by atomic mass is 10.0. The number of rotatable bonds is 5. The van der Waals surface area contributed by atoms with E-state index in [0.717, 1.165) is 38.0 Å². The first-order chi connectivity index (χ1) is 15.6. The highest BCUT2D eigenvalue weighted by molar-refractivity contribution is 8.00. The number of aromatic nitrogens is 2. The monoisotopic (exact) mass is 449 g/mol. The number of carbonyl (C=O) groups is 1. The van der Waals surface area contributed by atoms with Gasteiger partial charge in [-0.1, -0.05) is 42.1 Å². The number of hydrogen-bond acceptors (Lipinski definition) is 5.